The van der Waals surface area contributed by atoms with Gasteiger partial charge in [0.1, 0.15) is 0 Å². The lowest BCUT2D eigenvalue weighted by molar-refractivity contribution is -0.121. The van der Waals surface area contributed by atoms with Crippen LogP contribution in [-0.4, -0.2) is 18.4 Å². The Hall–Kier alpha value is -2.66. The largest absolute Gasteiger partial charge is 0.352 e. The third-order valence-electron chi connectivity index (χ3n) is 4.15. The van der Waals surface area contributed by atoms with Crippen molar-refractivity contribution >= 4 is 11.8 Å². The van der Waals surface area contributed by atoms with E-state index in [0.717, 1.165) is 24.0 Å². The predicted octanol–water partition coefficient (Wildman–Crippen LogP) is 2.92. The van der Waals surface area contributed by atoms with Crippen LogP contribution in [0.15, 0.2) is 54.6 Å². The minimum atomic E-state index is -0.314. The molecule has 2 amide bonds. The molecule has 0 spiro atoms. The maximum Gasteiger partial charge on any atom is 0.251 e. The van der Waals surface area contributed by atoms with E-state index in [1.54, 1.807) is 12.1 Å². The number of hydrogen-bond donors (Lipinski definition) is 3. The Morgan fingerprint density at radius 2 is 1.69 bits per heavy atom. The lowest BCUT2D eigenvalue weighted by Crippen LogP contribution is -2.27. The first-order valence-corrected chi connectivity index (χ1v) is 9.04. The van der Waals surface area contributed by atoms with Gasteiger partial charge in [-0.3, -0.25) is 9.59 Å². The van der Waals surface area contributed by atoms with Crippen molar-refractivity contribution in [2.75, 3.05) is 6.54 Å². The highest BCUT2D eigenvalue weighted by Gasteiger charge is 2.11. The molecule has 0 radical (unpaired) electrons. The van der Waals surface area contributed by atoms with E-state index in [9.17, 15) is 9.59 Å². The maximum atomic E-state index is 12.1. The molecule has 2 aromatic rings. The van der Waals surface area contributed by atoms with Crippen molar-refractivity contribution in [1.29, 1.82) is 0 Å². The molecule has 138 valence electrons. The van der Waals surface area contributed by atoms with E-state index in [-0.39, 0.29) is 24.3 Å². The maximum absolute atomic E-state index is 12.1. The third kappa shape index (κ3) is 6.33. The SMILES string of the molecule is CCCCNC(=O)c1ccc(CNC(=O)CC(N)c2ccccc2)cc1. The van der Waals surface area contributed by atoms with E-state index in [1.807, 2.05) is 42.5 Å². The van der Waals surface area contributed by atoms with E-state index >= 15 is 0 Å². The zero-order chi connectivity index (χ0) is 18.8. The number of amides is 2. The standard InChI is InChI=1S/C21H27N3O2/c1-2-3-13-23-21(26)18-11-9-16(10-12-18)15-24-20(25)14-19(22)17-7-5-4-6-8-17/h4-12,19H,2-3,13-15,22H2,1H3,(H,23,26)(H,24,25). The molecule has 0 aliphatic heterocycles. The summed E-state index contributed by atoms with van der Waals surface area (Å²) in [6, 6.07) is 16.5. The summed E-state index contributed by atoms with van der Waals surface area (Å²) in [5, 5.41) is 5.75. The van der Waals surface area contributed by atoms with Crippen LogP contribution in [0.5, 0.6) is 0 Å². The first-order chi connectivity index (χ1) is 12.6. The second-order valence-electron chi connectivity index (χ2n) is 6.30. The molecule has 2 aromatic carbocycles. The molecule has 5 heteroatoms. The molecule has 0 saturated heterocycles. The quantitative estimate of drug-likeness (QED) is 0.606. The molecule has 5 nitrogen and oxygen atoms in total. The lowest BCUT2D eigenvalue weighted by atomic mass is 10.0. The highest BCUT2D eigenvalue weighted by molar-refractivity contribution is 5.94. The average Bonchev–Trinajstić information content (AvgIpc) is 2.67. The average molecular weight is 353 g/mol. The lowest BCUT2D eigenvalue weighted by Gasteiger charge is -2.12. The summed E-state index contributed by atoms with van der Waals surface area (Å²) in [5.74, 6) is -0.161. The van der Waals surface area contributed by atoms with Gasteiger partial charge in [0.05, 0.1) is 0 Å². The normalized spacial score (nSPS) is 11.6. The van der Waals surface area contributed by atoms with Gasteiger partial charge in [-0.2, -0.15) is 0 Å². The van der Waals surface area contributed by atoms with E-state index < -0.39 is 0 Å². The van der Waals surface area contributed by atoms with Crippen molar-refractivity contribution < 1.29 is 9.59 Å². The zero-order valence-electron chi connectivity index (χ0n) is 15.2. The summed E-state index contributed by atoms with van der Waals surface area (Å²) in [5.41, 5.74) is 8.58. The Bertz CT molecular complexity index is 699. The number of rotatable bonds is 9. The van der Waals surface area contributed by atoms with Gasteiger partial charge in [0, 0.05) is 31.1 Å². The van der Waals surface area contributed by atoms with Crippen LogP contribution in [-0.2, 0) is 11.3 Å². The van der Waals surface area contributed by atoms with Crippen molar-refractivity contribution in [3.8, 4) is 0 Å². The number of nitrogens with one attached hydrogen (secondary N) is 2. The second-order valence-corrected chi connectivity index (χ2v) is 6.30. The molecule has 2 rings (SSSR count). The first kappa shape index (κ1) is 19.7. The molecular weight excluding hydrogens is 326 g/mol. The Kier molecular flexibility index (Phi) is 7.83. The van der Waals surface area contributed by atoms with Crippen LogP contribution in [0.3, 0.4) is 0 Å². The van der Waals surface area contributed by atoms with Gasteiger partial charge in [0.25, 0.3) is 5.91 Å². The van der Waals surface area contributed by atoms with E-state index in [4.69, 9.17) is 5.73 Å². The molecule has 1 unspecified atom stereocenters. The third-order valence-corrected chi connectivity index (χ3v) is 4.15. The highest BCUT2D eigenvalue weighted by Crippen LogP contribution is 2.13. The monoisotopic (exact) mass is 353 g/mol. The van der Waals surface area contributed by atoms with Gasteiger partial charge >= 0.3 is 0 Å². The molecule has 0 aliphatic carbocycles. The fourth-order valence-corrected chi connectivity index (χ4v) is 2.55. The summed E-state index contributed by atoms with van der Waals surface area (Å²) in [7, 11) is 0. The van der Waals surface area contributed by atoms with Crippen LogP contribution >= 0.6 is 0 Å². The fourth-order valence-electron chi connectivity index (χ4n) is 2.55. The molecule has 1 atom stereocenters. The van der Waals surface area contributed by atoms with Crippen LogP contribution in [0.1, 0.15) is 53.7 Å². The number of hydrogen-bond acceptors (Lipinski definition) is 3. The molecule has 4 N–H and O–H groups in total. The minimum absolute atomic E-state index is 0.0668. The Balaban J connectivity index is 1.78. The molecule has 0 heterocycles. The Labute approximate surface area is 155 Å². The number of carbonyl (C=O) groups is 2. The van der Waals surface area contributed by atoms with Gasteiger partial charge in [0.2, 0.25) is 5.91 Å². The molecule has 0 saturated carbocycles. The van der Waals surface area contributed by atoms with Gasteiger partial charge in [-0.15, -0.1) is 0 Å². The smallest absolute Gasteiger partial charge is 0.251 e. The van der Waals surface area contributed by atoms with Crippen molar-refractivity contribution in [2.24, 2.45) is 5.73 Å². The predicted molar refractivity (Wildman–Crippen MR) is 104 cm³/mol. The van der Waals surface area contributed by atoms with Crippen LogP contribution in [0, 0.1) is 0 Å². The number of benzene rings is 2. The summed E-state index contributed by atoms with van der Waals surface area (Å²) in [4.78, 5) is 24.0. The Morgan fingerprint density at radius 3 is 2.35 bits per heavy atom. The zero-order valence-corrected chi connectivity index (χ0v) is 15.2. The molecule has 0 aromatic heterocycles. The molecule has 0 fully saturated rings. The van der Waals surface area contributed by atoms with Gasteiger partial charge in [-0.25, -0.2) is 0 Å². The summed E-state index contributed by atoms with van der Waals surface area (Å²) in [6.07, 6.45) is 2.26. The van der Waals surface area contributed by atoms with Gasteiger partial charge in [-0.1, -0.05) is 55.8 Å². The van der Waals surface area contributed by atoms with Crippen molar-refractivity contribution in [3.05, 3.63) is 71.3 Å². The minimum Gasteiger partial charge on any atom is -0.352 e. The van der Waals surface area contributed by atoms with Gasteiger partial charge in [-0.05, 0) is 29.7 Å². The van der Waals surface area contributed by atoms with Crippen LogP contribution in [0.2, 0.25) is 0 Å². The summed E-state index contributed by atoms with van der Waals surface area (Å²) < 4.78 is 0. The highest BCUT2D eigenvalue weighted by atomic mass is 16.2. The molecular formula is C21H27N3O2. The number of carbonyl (C=O) groups excluding carboxylic acids is 2. The Morgan fingerprint density at radius 1 is 1.00 bits per heavy atom. The van der Waals surface area contributed by atoms with Crippen molar-refractivity contribution in [2.45, 2.75) is 38.8 Å². The topological polar surface area (TPSA) is 84.2 Å². The van der Waals surface area contributed by atoms with Crippen molar-refractivity contribution in [3.63, 3.8) is 0 Å². The van der Waals surface area contributed by atoms with E-state index in [0.29, 0.717) is 18.7 Å². The van der Waals surface area contributed by atoms with Crippen LogP contribution in [0.4, 0.5) is 0 Å². The van der Waals surface area contributed by atoms with Crippen molar-refractivity contribution in [1.82, 2.24) is 10.6 Å². The second kappa shape index (κ2) is 10.4. The molecule has 0 aliphatic rings. The van der Waals surface area contributed by atoms with Gasteiger partial charge < -0.3 is 16.4 Å². The summed E-state index contributed by atoms with van der Waals surface area (Å²) >= 11 is 0. The van der Waals surface area contributed by atoms with E-state index in [1.165, 1.54) is 0 Å². The number of unbranched alkanes of at least 4 members (excludes halogenated alkanes) is 1. The molecule has 26 heavy (non-hydrogen) atoms. The van der Waals surface area contributed by atoms with Crippen LogP contribution < -0.4 is 16.4 Å². The van der Waals surface area contributed by atoms with Crippen LogP contribution in [0.25, 0.3) is 0 Å². The fraction of sp³-hybridized carbons (Fsp3) is 0.333. The summed E-state index contributed by atoms with van der Waals surface area (Å²) in [6.45, 7) is 3.19. The first-order valence-electron chi connectivity index (χ1n) is 9.04. The number of nitrogens with two attached hydrogens (primary N) is 1. The molecule has 0 bridgehead atoms. The van der Waals surface area contributed by atoms with Gasteiger partial charge in [0.15, 0.2) is 0 Å². The van der Waals surface area contributed by atoms with E-state index in [2.05, 4.69) is 17.6 Å².